The summed E-state index contributed by atoms with van der Waals surface area (Å²) in [5, 5.41) is 21.1. The van der Waals surface area contributed by atoms with Gasteiger partial charge in [-0.25, -0.2) is 0 Å². The van der Waals surface area contributed by atoms with Crippen LogP contribution in [0.15, 0.2) is 11.6 Å². The fraction of sp³-hybridized carbons (Fsp3) is 0.833. The number of carboxylic acid groups (broad SMARTS) is 1. The molecule has 0 heterocycles. The molecule has 0 unspecified atom stereocenters. The normalized spacial score (nSPS) is 57.9. The summed E-state index contributed by atoms with van der Waals surface area (Å²) in [5.74, 6) is 3.58. The molecule has 6 rings (SSSR count). The molecule has 4 heteroatoms. The smallest absolute Gasteiger partial charge is 0.303 e. The van der Waals surface area contributed by atoms with Gasteiger partial charge in [-0.3, -0.25) is 9.59 Å². The maximum absolute atomic E-state index is 12.1. The SMILES string of the molecule is C[C@]12CCC(=O)C=C1[C@H]1C[C@H]1[C@@H]1[C@H]3[C@@H]4C[C@H]4[C@@](O)(CCC(=O)O)[C@@]3(C)CC[C@H]12. The van der Waals surface area contributed by atoms with Gasteiger partial charge in [-0.1, -0.05) is 19.4 Å². The number of carboxylic acids is 1. The zero-order valence-electron chi connectivity index (χ0n) is 17.0. The van der Waals surface area contributed by atoms with Crippen molar-refractivity contribution in [1.82, 2.24) is 0 Å². The Balaban J connectivity index is 1.38. The number of ketones is 1. The second kappa shape index (κ2) is 5.11. The Labute approximate surface area is 166 Å². The predicted molar refractivity (Wildman–Crippen MR) is 103 cm³/mol. The van der Waals surface area contributed by atoms with Gasteiger partial charge in [-0.05, 0) is 96.9 Å². The number of aliphatic carboxylic acids is 1. The van der Waals surface area contributed by atoms with Crippen LogP contribution in [-0.4, -0.2) is 27.6 Å². The number of rotatable bonds is 3. The monoisotopic (exact) mass is 384 g/mol. The molecule has 6 aliphatic carbocycles. The molecule has 0 aromatic rings. The van der Waals surface area contributed by atoms with Crippen LogP contribution in [0.5, 0.6) is 0 Å². The molecule has 10 atom stereocenters. The first-order chi connectivity index (χ1) is 13.2. The molecule has 0 aromatic carbocycles. The van der Waals surface area contributed by atoms with E-state index in [1.165, 1.54) is 12.0 Å². The second-order valence-corrected chi connectivity index (χ2v) is 11.5. The minimum atomic E-state index is -0.796. The maximum atomic E-state index is 12.1. The summed E-state index contributed by atoms with van der Waals surface area (Å²) in [6.07, 6.45) is 8.65. The lowest BCUT2D eigenvalue weighted by atomic mass is 9.45. The van der Waals surface area contributed by atoms with E-state index in [0.29, 0.717) is 60.1 Å². The molecule has 6 aliphatic rings. The highest BCUT2D eigenvalue weighted by Crippen LogP contribution is 2.81. The van der Waals surface area contributed by atoms with Crippen molar-refractivity contribution in [3.63, 3.8) is 0 Å². The Morgan fingerprint density at radius 1 is 1.18 bits per heavy atom. The lowest BCUT2D eigenvalue weighted by Crippen LogP contribution is -2.57. The largest absolute Gasteiger partial charge is 0.481 e. The second-order valence-electron chi connectivity index (χ2n) is 11.5. The standard InChI is InChI=1S/C24H32O4/c1-22-6-3-12(25)9-17(22)13-10-14(13)20-16(22)4-7-23(2)21(20)15-11-18(15)24(23,28)8-5-19(26)27/h9,13-16,18,20-21,28H,3-8,10-11H2,1-2H3,(H,26,27)/t13-,14+,15+,16+,18+,20-,21+,22+,23-,24-/m0/s1. The molecule has 0 spiro atoms. The van der Waals surface area contributed by atoms with E-state index >= 15 is 0 Å². The molecule has 5 fully saturated rings. The van der Waals surface area contributed by atoms with E-state index in [1.807, 2.05) is 6.08 Å². The van der Waals surface area contributed by atoms with E-state index < -0.39 is 11.6 Å². The van der Waals surface area contributed by atoms with Crippen LogP contribution >= 0.6 is 0 Å². The van der Waals surface area contributed by atoms with Crippen LogP contribution in [0.4, 0.5) is 0 Å². The van der Waals surface area contributed by atoms with Gasteiger partial charge in [0.25, 0.3) is 0 Å². The summed E-state index contributed by atoms with van der Waals surface area (Å²) >= 11 is 0. The molecule has 152 valence electrons. The van der Waals surface area contributed by atoms with Crippen molar-refractivity contribution in [2.24, 2.45) is 52.3 Å². The van der Waals surface area contributed by atoms with Crippen molar-refractivity contribution in [3.05, 3.63) is 11.6 Å². The third-order valence-corrected chi connectivity index (χ3v) is 10.6. The number of fused-ring (bicyclic) bond motifs is 10. The number of hydrogen-bond acceptors (Lipinski definition) is 3. The molecule has 0 aromatic heterocycles. The molecule has 0 aliphatic heterocycles. The molecule has 0 bridgehead atoms. The average molecular weight is 385 g/mol. The van der Waals surface area contributed by atoms with Crippen LogP contribution in [-0.2, 0) is 9.59 Å². The number of hydrogen-bond donors (Lipinski definition) is 2. The highest BCUT2D eigenvalue weighted by atomic mass is 16.4. The number of allylic oxidation sites excluding steroid dienone is 1. The average Bonchev–Trinajstić information content (AvgIpc) is 3.53. The molecule has 0 amide bonds. The van der Waals surface area contributed by atoms with Crippen LogP contribution in [0.25, 0.3) is 0 Å². The topological polar surface area (TPSA) is 74.6 Å². The molecule has 0 saturated heterocycles. The van der Waals surface area contributed by atoms with Crippen LogP contribution in [0, 0.1) is 52.3 Å². The molecule has 28 heavy (non-hydrogen) atoms. The lowest BCUT2D eigenvalue weighted by Gasteiger charge is -2.60. The van der Waals surface area contributed by atoms with Gasteiger partial charge >= 0.3 is 5.97 Å². The van der Waals surface area contributed by atoms with Crippen LogP contribution in [0.1, 0.15) is 65.2 Å². The van der Waals surface area contributed by atoms with Gasteiger partial charge < -0.3 is 10.2 Å². The third-order valence-electron chi connectivity index (χ3n) is 10.6. The van der Waals surface area contributed by atoms with Gasteiger partial charge in [0.05, 0.1) is 5.60 Å². The van der Waals surface area contributed by atoms with Crippen LogP contribution in [0.2, 0.25) is 0 Å². The first-order valence-corrected chi connectivity index (χ1v) is 11.4. The quantitative estimate of drug-likeness (QED) is 0.776. The fourth-order valence-electron chi connectivity index (χ4n) is 9.28. The van der Waals surface area contributed by atoms with E-state index in [0.717, 1.165) is 25.7 Å². The first kappa shape index (κ1) is 17.7. The Hall–Kier alpha value is -1.16. The summed E-state index contributed by atoms with van der Waals surface area (Å²) in [4.78, 5) is 23.4. The number of aliphatic hydroxyl groups is 1. The van der Waals surface area contributed by atoms with E-state index in [4.69, 9.17) is 0 Å². The van der Waals surface area contributed by atoms with E-state index in [-0.39, 0.29) is 17.3 Å². The van der Waals surface area contributed by atoms with Gasteiger partial charge in [0, 0.05) is 12.8 Å². The van der Waals surface area contributed by atoms with Gasteiger partial charge in [0.15, 0.2) is 5.78 Å². The van der Waals surface area contributed by atoms with Crippen LogP contribution in [0.3, 0.4) is 0 Å². The van der Waals surface area contributed by atoms with Gasteiger partial charge in [0.1, 0.15) is 0 Å². The minimum absolute atomic E-state index is 0.0783. The Morgan fingerprint density at radius 2 is 1.96 bits per heavy atom. The summed E-state index contributed by atoms with van der Waals surface area (Å²) < 4.78 is 0. The Morgan fingerprint density at radius 3 is 2.71 bits per heavy atom. The van der Waals surface area contributed by atoms with Crippen molar-refractivity contribution in [3.8, 4) is 0 Å². The minimum Gasteiger partial charge on any atom is -0.481 e. The van der Waals surface area contributed by atoms with Gasteiger partial charge in [0.2, 0.25) is 0 Å². The molecule has 4 nitrogen and oxygen atoms in total. The maximum Gasteiger partial charge on any atom is 0.303 e. The van der Waals surface area contributed by atoms with Crippen molar-refractivity contribution >= 4 is 11.8 Å². The zero-order valence-corrected chi connectivity index (χ0v) is 17.0. The van der Waals surface area contributed by atoms with E-state index in [1.54, 1.807) is 0 Å². The van der Waals surface area contributed by atoms with Crippen molar-refractivity contribution < 1.29 is 19.8 Å². The Kier molecular flexibility index (Phi) is 3.23. The predicted octanol–water partition coefficient (Wildman–Crippen LogP) is 3.83. The van der Waals surface area contributed by atoms with Crippen molar-refractivity contribution in [2.75, 3.05) is 0 Å². The van der Waals surface area contributed by atoms with E-state index in [9.17, 15) is 19.8 Å². The summed E-state index contributed by atoms with van der Waals surface area (Å²) in [5.41, 5.74) is 0.705. The number of carbonyl (C=O) groups is 2. The fourth-order valence-corrected chi connectivity index (χ4v) is 9.28. The molecule has 5 saturated carbocycles. The highest BCUT2D eigenvalue weighted by molar-refractivity contribution is 5.92. The van der Waals surface area contributed by atoms with Crippen molar-refractivity contribution in [1.29, 1.82) is 0 Å². The van der Waals surface area contributed by atoms with Crippen molar-refractivity contribution in [2.45, 2.75) is 70.8 Å². The summed E-state index contributed by atoms with van der Waals surface area (Å²) in [6, 6.07) is 0. The summed E-state index contributed by atoms with van der Waals surface area (Å²) in [7, 11) is 0. The van der Waals surface area contributed by atoms with Gasteiger partial charge in [-0.2, -0.15) is 0 Å². The molecular formula is C24H32O4. The molecule has 2 N–H and O–H groups in total. The Bertz CT molecular complexity index is 815. The number of carbonyl (C=O) groups excluding carboxylic acids is 1. The zero-order chi connectivity index (χ0) is 19.6. The molecule has 0 radical (unpaired) electrons. The van der Waals surface area contributed by atoms with E-state index in [2.05, 4.69) is 13.8 Å². The lowest BCUT2D eigenvalue weighted by molar-refractivity contribution is -0.160. The van der Waals surface area contributed by atoms with Crippen LogP contribution < -0.4 is 0 Å². The first-order valence-electron chi connectivity index (χ1n) is 11.4. The van der Waals surface area contributed by atoms with Gasteiger partial charge in [-0.15, -0.1) is 0 Å². The third kappa shape index (κ3) is 1.92. The molecular weight excluding hydrogens is 352 g/mol. The highest BCUT2D eigenvalue weighted by Gasteiger charge is 2.78. The summed E-state index contributed by atoms with van der Waals surface area (Å²) in [6.45, 7) is 4.72.